The molecule has 1 fully saturated rings. The summed E-state index contributed by atoms with van der Waals surface area (Å²) in [7, 11) is 0. The molecule has 4 nitrogen and oxygen atoms in total. The van der Waals surface area contributed by atoms with Gasteiger partial charge in [-0.2, -0.15) is 0 Å². The van der Waals surface area contributed by atoms with Crippen LogP contribution in [0.5, 0.6) is 0 Å². The molecule has 0 atom stereocenters. The quantitative estimate of drug-likeness (QED) is 0.826. The van der Waals surface area contributed by atoms with Crippen molar-refractivity contribution < 1.29 is 19.1 Å². The Kier molecular flexibility index (Phi) is 3.94. The molecule has 0 aromatic heterocycles. The number of halogens is 1. The Bertz CT molecular complexity index is 523. The number of aliphatic carboxylic acids is 1. The van der Waals surface area contributed by atoms with Crippen LogP contribution in [0, 0.1) is 5.82 Å². The van der Waals surface area contributed by atoms with Gasteiger partial charge < -0.3 is 10.0 Å². The number of carboxylic acid groups (broad SMARTS) is 1. The van der Waals surface area contributed by atoms with E-state index in [4.69, 9.17) is 5.11 Å². The maximum absolute atomic E-state index is 13.4. The number of rotatable bonds is 5. The zero-order valence-corrected chi connectivity index (χ0v) is 10.3. The van der Waals surface area contributed by atoms with Crippen LogP contribution in [-0.2, 0) is 9.59 Å². The minimum atomic E-state index is -1.04. The molecular formula is C14H14FNO3. The number of hydrogen-bond donors (Lipinski definition) is 1. The summed E-state index contributed by atoms with van der Waals surface area (Å²) in [5.74, 6) is -1.85. The van der Waals surface area contributed by atoms with Crippen molar-refractivity contribution in [2.24, 2.45) is 0 Å². The summed E-state index contributed by atoms with van der Waals surface area (Å²) in [5.41, 5.74) is 0.307. The molecule has 1 aliphatic carbocycles. The van der Waals surface area contributed by atoms with Gasteiger partial charge in [0.05, 0.1) is 0 Å². The van der Waals surface area contributed by atoms with Crippen LogP contribution in [0.3, 0.4) is 0 Å². The lowest BCUT2D eigenvalue weighted by Gasteiger charge is -2.17. The first-order chi connectivity index (χ1) is 9.08. The highest BCUT2D eigenvalue weighted by atomic mass is 19.1. The van der Waals surface area contributed by atoms with Crippen LogP contribution in [0.15, 0.2) is 30.3 Å². The van der Waals surface area contributed by atoms with E-state index in [1.165, 1.54) is 23.1 Å². The number of carbonyl (C=O) groups excluding carboxylic acids is 1. The van der Waals surface area contributed by atoms with Crippen LogP contribution in [0.1, 0.15) is 18.4 Å². The van der Waals surface area contributed by atoms with Gasteiger partial charge in [0.2, 0.25) is 5.91 Å². The first-order valence-corrected chi connectivity index (χ1v) is 6.03. The molecule has 1 aromatic rings. The number of benzene rings is 1. The van der Waals surface area contributed by atoms with Crippen molar-refractivity contribution in [1.29, 1.82) is 0 Å². The molecule has 0 saturated heterocycles. The third-order valence-corrected chi connectivity index (χ3v) is 2.89. The SMILES string of the molecule is O=C(O)CN(C(=O)/C=C/c1ccccc1F)C1CC1. The lowest BCUT2D eigenvalue weighted by molar-refractivity contribution is -0.143. The number of carboxylic acids is 1. The molecule has 1 aliphatic rings. The molecule has 1 aromatic carbocycles. The van der Waals surface area contributed by atoms with Crippen molar-refractivity contribution in [3.05, 3.63) is 41.7 Å². The highest BCUT2D eigenvalue weighted by molar-refractivity contribution is 5.94. The molecule has 0 spiro atoms. The molecule has 0 heterocycles. The Morgan fingerprint density at radius 1 is 1.37 bits per heavy atom. The molecule has 0 radical (unpaired) electrons. The summed E-state index contributed by atoms with van der Waals surface area (Å²) >= 11 is 0. The first kappa shape index (κ1) is 13.3. The van der Waals surface area contributed by atoms with E-state index in [0.29, 0.717) is 5.56 Å². The maximum atomic E-state index is 13.4. The molecule has 1 saturated carbocycles. The monoisotopic (exact) mass is 263 g/mol. The Hall–Kier alpha value is -2.17. The van der Waals surface area contributed by atoms with Crippen LogP contribution in [0.4, 0.5) is 4.39 Å². The second-order valence-corrected chi connectivity index (χ2v) is 4.45. The summed E-state index contributed by atoms with van der Waals surface area (Å²) in [4.78, 5) is 23.9. The molecular weight excluding hydrogens is 249 g/mol. The summed E-state index contributed by atoms with van der Waals surface area (Å²) in [5, 5.41) is 8.76. The fourth-order valence-corrected chi connectivity index (χ4v) is 1.79. The van der Waals surface area contributed by atoms with E-state index in [0.717, 1.165) is 12.8 Å². The smallest absolute Gasteiger partial charge is 0.323 e. The first-order valence-electron chi connectivity index (χ1n) is 6.03. The van der Waals surface area contributed by atoms with Gasteiger partial charge in [0.1, 0.15) is 12.4 Å². The van der Waals surface area contributed by atoms with Gasteiger partial charge in [0, 0.05) is 17.7 Å². The van der Waals surface area contributed by atoms with E-state index < -0.39 is 17.7 Å². The predicted molar refractivity (Wildman–Crippen MR) is 67.8 cm³/mol. The van der Waals surface area contributed by atoms with Crippen molar-refractivity contribution in [3.63, 3.8) is 0 Å². The van der Waals surface area contributed by atoms with Crippen molar-refractivity contribution in [2.45, 2.75) is 18.9 Å². The summed E-state index contributed by atoms with van der Waals surface area (Å²) < 4.78 is 13.4. The van der Waals surface area contributed by atoms with Crippen molar-refractivity contribution in [2.75, 3.05) is 6.54 Å². The zero-order chi connectivity index (χ0) is 13.8. The van der Waals surface area contributed by atoms with Gasteiger partial charge in [0.25, 0.3) is 0 Å². The standard InChI is InChI=1S/C14H14FNO3/c15-12-4-2-1-3-10(12)5-8-13(17)16(9-14(18)19)11-6-7-11/h1-5,8,11H,6-7,9H2,(H,18,19)/b8-5+. The Morgan fingerprint density at radius 3 is 2.63 bits per heavy atom. The van der Waals surface area contributed by atoms with Gasteiger partial charge in [-0.1, -0.05) is 18.2 Å². The van der Waals surface area contributed by atoms with E-state index in [1.54, 1.807) is 18.2 Å². The van der Waals surface area contributed by atoms with Gasteiger partial charge >= 0.3 is 5.97 Å². The van der Waals surface area contributed by atoms with Gasteiger partial charge in [-0.05, 0) is 25.0 Å². The minimum Gasteiger partial charge on any atom is -0.480 e. The van der Waals surface area contributed by atoms with E-state index >= 15 is 0 Å². The summed E-state index contributed by atoms with van der Waals surface area (Å²) in [6.07, 6.45) is 4.24. The number of hydrogen-bond acceptors (Lipinski definition) is 2. The largest absolute Gasteiger partial charge is 0.480 e. The Morgan fingerprint density at radius 2 is 2.05 bits per heavy atom. The molecule has 0 aliphatic heterocycles. The third kappa shape index (κ3) is 3.64. The van der Waals surface area contributed by atoms with Crippen molar-refractivity contribution in [3.8, 4) is 0 Å². The molecule has 0 bridgehead atoms. The topological polar surface area (TPSA) is 57.6 Å². The fourth-order valence-electron chi connectivity index (χ4n) is 1.79. The van der Waals surface area contributed by atoms with Gasteiger partial charge in [-0.3, -0.25) is 9.59 Å². The second kappa shape index (κ2) is 5.65. The molecule has 0 unspecified atom stereocenters. The Balaban J connectivity index is 2.06. The average Bonchev–Trinajstić information content (AvgIpc) is 3.18. The predicted octanol–water partition coefficient (Wildman–Crippen LogP) is 1.91. The molecule has 2 rings (SSSR count). The molecule has 19 heavy (non-hydrogen) atoms. The Labute approximate surface area is 110 Å². The van der Waals surface area contributed by atoms with Gasteiger partial charge in [0.15, 0.2) is 0 Å². The number of amides is 1. The van der Waals surface area contributed by atoms with Crippen LogP contribution >= 0.6 is 0 Å². The van der Waals surface area contributed by atoms with Crippen molar-refractivity contribution >= 4 is 18.0 Å². The van der Waals surface area contributed by atoms with Crippen LogP contribution < -0.4 is 0 Å². The lowest BCUT2D eigenvalue weighted by Crippen LogP contribution is -2.36. The zero-order valence-electron chi connectivity index (χ0n) is 10.3. The average molecular weight is 263 g/mol. The van der Waals surface area contributed by atoms with Gasteiger partial charge in [-0.25, -0.2) is 4.39 Å². The van der Waals surface area contributed by atoms with Crippen LogP contribution in [0.2, 0.25) is 0 Å². The maximum Gasteiger partial charge on any atom is 0.323 e. The van der Waals surface area contributed by atoms with Crippen LogP contribution in [-0.4, -0.2) is 34.5 Å². The van der Waals surface area contributed by atoms with Crippen molar-refractivity contribution in [1.82, 2.24) is 4.90 Å². The van der Waals surface area contributed by atoms with E-state index in [9.17, 15) is 14.0 Å². The fraction of sp³-hybridized carbons (Fsp3) is 0.286. The van der Waals surface area contributed by atoms with E-state index in [-0.39, 0.29) is 12.6 Å². The third-order valence-electron chi connectivity index (χ3n) is 2.89. The highest BCUT2D eigenvalue weighted by Crippen LogP contribution is 2.27. The molecule has 1 N–H and O–H groups in total. The second-order valence-electron chi connectivity index (χ2n) is 4.45. The number of nitrogens with zero attached hydrogens (tertiary/aromatic N) is 1. The lowest BCUT2D eigenvalue weighted by atomic mass is 10.2. The summed E-state index contributed by atoms with van der Waals surface area (Å²) in [6.45, 7) is -0.314. The minimum absolute atomic E-state index is 0.00821. The van der Waals surface area contributed by atoms with Crippen LogP contribution in [0.25, 0.3) is 6.08 Å². The van der Waals surface area contributed by atoms with E-state index in [1.807, 2.05) is 0 Å². The van der Waals surface area contributed by atoms with Gasteiger partial charge in [-0.15, -0.1) is 0 Å². The highest BCUT2D eigenvalue weighted by Gasteiger charge is 2.32. The molecule has 5 heteroatoms. The van der Waals surface area contributed by atoms with E-state index in [2.05, 4.69) is 0 Å². The molecule has 100 valence electrons. The molecule has 1 amide bonds. The number of carbonyl (C=O) groups is 2. The normalized spacial score (nSPS) is 14.6. The summed E-state index contributed by atoms with van der Waals surface area (Å²) in [6, 6.07) is 6.10.